The van der Waals surface area contributed by atoms with E-state index in [4.69, 9.17) is 9.26 Å². The Labute approximate surface area is 136 Å². The molecule has 0 aliphatic carbocycles. The number of carbonyl (C=O) groups is 1. The third-order valence-electron chi connectivity index (χ3n) is 3.41. The Hall–Kier alpha value is -2.34. The van der Waals surface area contributed by atoms with E-state index in [1.807, 2.05) is 49.2 Å². The Morgan fingerprint density at radius 1 is 1.35 bits per heavy atom. The molecule has 1 amide bonds. The molecule has 1 heterocycles. The van der Waals surface area contributed by atoms with Gasteiger partial charge in [0.1, 0.15) is 5.75 Å². The molecule has 1 aromatic carbocycles. The SMILES string of the molecule is COc1ccc(CCNC(=O)CN(C)Cc2cc(C)no2)cc1. The van der Waals surface area contributed by atoms with Crippen molar-refractivity contribution in [2.24, 2.45) is 0 Å². The second-order valence-electron chi connectivity index (χ2n) is 5.55. The lowest BCUT2D eigenvalue weighted by atomic mass is 10.1. The molecule has 0 saturated heterocycles. The Bertz CT molecular complexity index is 622. The zero-order chi connectivity index (χ0) is 16.7. The van der Waals surface area contributed by atoms with Gasteiger partial charge in [-0.25, -0.2) is 0 Å². The average Bonchev–Trinajstić information content (AvgIpc) is 2.92. The number of benzene rings is 1. The van der Waals surface area contributed by atoms with Crippen LogP contribution in [0, 0.1) is 6.92 Å². The number of rotatable bonds is 8. The van der Waals surface area contributed by atoms with Crippen LogP contribution in [-0.2, 0) is 17.8 Å². The van der Waals surface area contributed by atoms with E-state index in [-0.39, 0.29) is 5.91 Å². The van der Waals surface area contributed by atoms with Crippen molar-refractivity contribution in [3.8, 4) is 5.75 Å². The van der Waals surface area contributed by atoms with Crippen molar-refractivity contribution in [2.75, 3.05) is 27.2 Å². The van der Waals surface area contributed by atoms with Gasteiger partial charge >= 0.3 is 0 Å². The van der Waals surface area contributed by atoms with Crippen LogP contribution >= 0.6 is 0 Å². The highest BCUT2D eigenvalue weighted by Crippen LogP contribution is 2.11. The van der Waals surface area contributed by atoms with Gasteiger partial charge in [0.2, 0.25) is 5.91 Å². The number of aryl methyl sites for hydroxylation is 1. The van der Waals surface area contributed by atoms with Crippen molar-refractivity contribution in [1.29, 1.82) is 0 Å². The van der Waals surface area contributed by atoms with Crippen LogP contribution < -0.4 is 10.1 Å². The number of ether oxygens (including phenoxy) is 1. The van der Waals surface area contributed by atoms with Gasteiger partial charge in [-0.1, -0.05) is 17.3 Å². The monoisotopic (exact) mass is 317 g/mol. The summed E-state index contributed by atoms with van der Waals surface area (Å²) in [5.74, 6) is 1.59. The van der Waals surface area contributed by atoms with Crippen molar-refractivity contribution in [3.05, 3.63) is 47.3 Å². The van der Waals surface area contributed by atoms with Gasteiger partial charge in [-0.3, -0.25) is 9.69 Å². The second-order valence-corrected chi connectivity index (χ2v) is 5.55. The van der Waals surface area contributed by atoms with Gasteiger partial charge in [0.05, 0.1) is 25.9 Å². The Kier molecular flexibility index (Phi) is 6.17. The van der Waals surface area contributed by atoms with E-state index in [2.05, 4.69) is 10.5 Å². The van der Waals surface area contributed by atoms with Crippen molar-refractivity contribution in [2.45, 2.75) is 19.9 Å². The summed E-state index contributed by atoms with van der Waals surface area (Å²) in [6, 6.07) is 9.72. The molecule has 0 spiro atoms. The summed E-state index contributed by atoms with van der Waals surface area (Å²) in [7, 11) is 3.52. The molecule has 0 unspecified atom stereocenters. The first-order chi connectivity index (χ1) is 11.1. The molecule has 0 saturated carbocycles. The number of hydrogen-bond donors (Lipinski definition) is 1. The van der Waals surface area contributed by atoms with E-state index < -0.39 is 0 Å². The molecular weight excluding hydrogens is 294 g/mol. The van der Waals surface area contributed by atoms with Crippen molar-refractivity contribution in [1.82, 2.24) is 15.4 Å². The summed E-state index contributed by atoms with van der Waals surface area (Å²) < 4.78 is 10.3. The molecule has 0 fully saturated rings. The van der Waals surface area contributed by atoms with Crippen LogP contribution in [0.4, 0.5) is 0 Å². The lowest BCUT2D eigenvalue weighted by molar-refractivity contribution is -0.122. The number of nitrogens with zero attached hydrogens (tertiary/aromatic N) is 2. The molecule has 0 atom stereocenters. The summed E-state index contributed by atoms with van der Waals surface area (Å²) in [6.07, 6.45) is 0.792. The topological polar surface area (TPSA) is 67.6 Å². The molecular formula is C17H23N3O3. The first-order valence-electron chi connectivity index (χ1n) is 7.57. The predicted molar refractivity (Wildman–Crippen MR) is 87.3 cm³/mol. The number of aromatic nitrogens is 1. The number of nitrogens with one attached hydrogen (secondary N) is 1. The van der Waals surface area contributed by atoms with E-state index in [0.717, 1.165) is 29.2 Å². The summed E-state index contributed by atoms with van der Waals surface area (Å²) >= 11 is 0. The number of hydrogen-bond acceptors (Lipinski definition) is 5. The Morgan fingerprint density at radius 2 is 2.09 bits per heavy atom. The van der Waals surface area contributed by atoms with Gasteiger partial charge in [-0.15, -0.1) is 0 Å². The Morgan fingerprint density at radius 3 is 2.70 bits per heavy atom. The third kappa shape index (κ3) is 5.75. The fourth-order valence-electron chi connectivity index (χ4n) is 2.25. The first kappa shape index (κ1) is 17.0. The summed E-state index contributed by atoms with van der Waals surface area (Å²) in [5.41, 5.74) is 2.01. The number of amides is 1. The standard InChI is InChI=1S/C17H23N3O3/c1-13-10-16(23-19-13)11-20(2)12-17(21)18-9-8-14-4-6-15(22-3)7-5-14/h4-7,10H,8-9,11-12H2,1-3H3,(H,18,21). The maximum Gasteiger partial charge on any atom is 0.234 e. The van der Waals surface area contributed by atoms with E-state index in [0.29, 0.717) is 19.6 Å². The van der Waals surface area contributed by atoms with E-state index >= 15 is 0 Å². The van der Waals surface area contributed by atoms with E-state index in [1.54, 1.807) is 7.11 Å². The number of carbonyl (C=O) groups excluding carboxylic acids is 1. The van der Waals surface area contributed by atoms with Gasteiger partial charge in [-0.2, -0.15) is 0 Å². The van der Waals surface area contributed by atoms with Gasteiger partial charge in [0.25, 0.3) is 0 Å². The van der Waals surface area contributed by atoms with Crippen LogP contribution in [0.3, 0.4) is 0 Å². The second kappa shape index (κ2) is 8.33. The fourth-order valence-corrected chi connectivity index (χ4v) is 2.25. The maximum atomic E-state index is 11.9. The van der Waals surface area contributed by atoms with Crippen molar-refractivity contribution in [3.63, 3.8) is 0 Å². The average molecular weight is 317 g/mol. The zero-order valence-electron chi connectivity index (χ0n) is 13.8. The minimum atomic E-state index is -0.00255. The highest BCUT2D eigenvalue weighted by Gasteiger charge is 2.09. The van der Waals surface area contributed by atoms with Crippen LogP contribution in [0.2, 0.25) is 0 Å². The van der Waals surface area contributed by atoms with Crippen molar-refractivity contribution >= 4 is 5.91 Å². The molecule has 0 aliphatic heterocycles. The summed E-state index contributed by atoms with van der Waals surface area (Å²) in [4.78, 5) is 13.8. The highest BCUT2D eigenvalue weighted by atomic mass is 16.5. The van der Waals surface area contributed by atoms with Gasteiger partial charge in [-0.05, 0) is 38.1 Å². The molecule has 0 radical (unpaired) electrons. The molecule has 6 nitrogen and oxygen atoms in total. The van der Waals surface area contributed by atoms with Crippen LogP contribution in [0.1, 0.15) is 17.0 Å². The van der Waals surface area contributed by atoms with Crippen LogP contribution in [0.15, 0.2) is 34.9 Å². The van der Waals surface area contributed by atoms with Gasteiger partial charge in [0, 0.05) is 12.6 Å². The minimum absolute atomic E-state index is 0.00255. The zero-order valence-corrected chi connectivity index (χ0v) is 13.8. The van der Waals surface area contributed by atoms with Crippen molar-refractivity contribution < 1.29 is 14.1 Å². The quantitative estimate of drug-likeness (QED) is 0.804. The highest BCUT2D eigenvalue weighted by molar-refractivity contribution is 5.77. The first-order valence-corrected chi connectivity index (χ1v) is 7.57. The molecule has 2 aromatic rings. The summed E-state index contributed by atoms with van der Waals surface area (Å²) in [5, 5.41) is 6.76. The molecule has 1 aromatic heterocycles. The smallest absolute Gasteiger partial charge is 0.234 e. The van der Waals surface area contributed by atoms with E-state index in [1.165, 1.54) is 0 Å². The minimum Gasteiger partial charge on any atom is -0.497 e. The molecule has 2 rings (SSSR count). The van der Waals surface area contributed by atoms with Gasteiger partial charge < -0.3 is 14.6 Å². The van der Waals surface area contributed by atoms with E-state index in [9.17, 15) is 4.79 Å². The Balaban J connectivity index is 1.67. The largest absolute Gasteiger partial charge is 0.497 e. The van der Waals surface area contributed by atoms with Crippen LogP contribution in [0.5, 0.6) is 5.75 Å². The predicted octanol–water partition coefficient (Wildman–Crippen LogP) is 1.78. The molecule has 1 N–H and O–H groups in total. The van der Waals surface area contributed by atoms with Crippen LogP contribution in [-0.4, -0.2) is 43.2 Å². The molecule has 0 aliphatic rings. The summed E-state index contributed by atoms with van der Waals surface area (Å²) in [6.45, 7) is 3.37. The number of methoxy groups -OCH3 is 1. The van der Waals surface area contributed by atoms with Crippen LogP contribution in [0.25, 0.3) is 0 Å². The van der Waals surface area contributed by atoms with Gasteiger partial charge in [0.15, 0.2) is 5.76 Å². The number of likely N-dealkylation sites (N-methyl/N-ethyl adjacent to an activating group) is 1. The lowest BCUT2D eigenvalue weighted by Gasteiger charge is -2.14. The molecule has 0 bridgehead atoms. The molecule has 6 heteroatoms. The molecule has 23 heavy (non-hydrogen) atoms. The normalized spacial score (nSPS) is 10.8. The molecule has 124 valence electrons. The fraction of sp³-hybridized carbons (Fsp3) is 0.412. The maximum absolute atomic E-state index is 11.9. The lowest BCUT2D eigenvalue weighted by Crippen LogP contribution is -2.35. The third-order valence-corrected chi connectivity index (χ3v) is 3.41.